The van der Waals surface area contributed by atoms with Gasteiger partial charge in [0.05, 0.1) is 25.1 Å². The third-order valence-electron chi connectivity index (χ3n) is 5.42. The maximum absolute atomic E-state index is 12.0. The molecule has 1 N–H and O–H groups in total. The van der Waals surface area contributed by atoms with Crippen molar-refractivity contribution < 1.29 is 9.53 Å². The van der Waals surface area contributed by atoms with Gasteiger partial charge in [0.2, 0.25) is 11.1 Å². The molecular weight excluding hydrogens is 416 g/mol. The lowest BCUT2D eigenvalue weighted by Gasteiger charge is -2.28. The first-order chi connectivity index (χ1) is 15.2. The zero-order valence-corrected chi connectivity index (χ0v) is 17.5. The molecular formula is C20H20N8O2S. The number of fused-ring (bicyclic) bond motifs is 2. The summed E-state index contributed by atoms with van der Waals surface area (Å²) in [6.45, 7) is 3.21. The largest absolute Gasteiger partial charge is 0.378 e. The molecule has 1 aliphatic carbocycles. The molecule has 5 heterocycles. The molecule has 0 unspecified atom stereocenters. The standard InChI is InChI=1S/C20H20N8O2S/c29-19(13-1-2-13)22-15-12-28-16(21-15)5-6-18(25-28)31-20-24-23-17-4-3-14(11-27(17)20)26-7-9-30-10-8-26/h3-6,11-13H,1-2,7-10H2,(H,22,29). The van der Waals surface area contributed by atoms with Gasteiger partial charge in [-0.25, -0.2) is 9.50 Å². The van der Waals surface area contributed by atoms with Gasteiger partial charge < -0.3 is 15.0 Å². The van der Waals surface area contributed by atoms with Crippen molar-refractivity contribution in [3.05, 3.63) is 36.7 Å². The summed E-state index contributed by atoms with van der Waals surface area (Å²) < 4.78 is 9.11. The van der Waals surface area contributed by atoms with Gasteiger partial charge in [-0.15, -0.1) is 10.2 Å². The van der Waals surface area contributed by atoms with E-state index in [2.05, 4.69) is 42.8 Å². The van der Waals surface area contributed by atoms with Crippen LogP contribution in [0.25, 0.3) is 11.3 Å². The van der Waals surface area contributed by atoms with Crippen LogP contribution in [0.3, 0.4) is 0 Å². The van der Waals surface area contributed by atoms with Crippen molar-refractivity contribution in [1.29, 1.82) is 0 Å². The number of ether oxygens (including phenoxy) is 1. The lowest BCUT2D eigenvalue weighted by molar-refractivity contribution is -0.117. The SMILES string of the molecule is O=C(Nc1cn2nc(Sc3nnc4ccc(N5CCOCC5)cn34)ccc2n1)C1CC1. The van der Waals surface area contributed by atoms with Crippen LogP contribution in [-0.2, 0) is 9.53 Å². The molecule has 1 saturated heterocycles. The third-order valence-corrected chi connectivity index (χ3v) is 6.31. The van der Waals surface area contributed by atoms with E-state index in [0.717, 1.165) is 60.7 Å². The van der Waals surface area contributed by atoms with E-state index in [1.54, 1.807) is 10.7 Å². The van der Waals surface area contributed by atoms with E-state index in [1.807, 2.05) is 22.6 Å². The summed E-state index contributed by atoms with van der Waals surface area (Å²) in [5.41, 5.74) is 2.58. The highest BCUT2D eigenvalue weighted by atomic mass is 32.2. The van der Waals surface area contributed by atoms with Crippen LogP contribution < -0.4 is 10.2 Å². The van der Waals surface area contributed by atoms with Gasteiger partial charge in [-0.05, 0) is 48.9 Å². The van der Waals surface area contributed by atoms with E-state index in [0.29, 0.717) is 11.5 Å². The number of carbonyl (C=O) groups excluding carboxylic acids is 1. The quantitative estimate of drug-likeness (QED) is 0.508. The Labute approximate surface area is 181 Å². The minimum absolute atomic E-state index is 0.0315. The molecule has 4 aromatic rings. The molecule has 6 rings (SSSR count). The van der Waals surface area contributed by atoms with Crippen LogP contribution in [0.2, 0.25) is 0 Å². The molecule has 0 atom stereocenters. The smallest absolute Gasteiger partial charge is 0.228 e. The Morgan fingerprint density at radius 3 is 2.74 bits per heavy atom. The van der Waals surface area contributed by atoms with Crippen molar-refractivity contribution in [3.8, 4) is 0 Å². The molecule has 4 aromatic heterocycles. The van der Waals surface area contributed by atoms with E-state index >= 15 is 0 Å². The molecule has 1 saturated carbocycles. The Balaban J connectivity index is 1.26. The van der Waals surface area contributed by atoms with Crippen LogP contribution in [-0.4, -0.2) is 61.4 Å². The number of anilines is 2. The number of amides is 1. The Hall–Kier alpha value is -3.18. The number of rotatable bonds is 5. The van der Waals surface area contributed by atoms with Gasteiger partial charge in [0, 0.05) is 25.2 Å². The van der Waals surface area contributed by atoms with Crippen molar-refractivity contribution in [1.82, 2.24) is 29.2 Å². The van der Waals surface area contributed by atoms with Crippen LogP contribution in [0.1, 0.15) is 12.8 Å². The van der Waals surface area contributed by atoms with E-state index < -0.39 is 0 Å². The van der Waals surface area contributed by atoms with Crippen molar-refractivity contribution in [3.63, 3.8) is 0 Å². The first kappa shape index (κ1) is 18.6. The molecule has 1 amide bonds. The summed E-state index contributed by atoms with van der Waals surface area (Å²) in [7, 11) is 0. The molecule has 2 fully saturated rings. The van der Waals surface area contributed by atoms with E-state index in [9.17, 15) is 4.79 Å². The number of aromatic nitrogens is 6. The Morgan fingerprint density at radius 2 is 1.90 bits per heavy atom. The van der Waals surface area contributed by atoms with Crippen molar-refractivity contribution >= 4 is 40.5 Å². The van der Waals surface area contributed by atoms with Crippen molar-refractivity contribution in [2.45, 2.75) is 23.0 Å². The number of carbonyl (C=O) groups is 1. The first-order valence-corrected chi connectivity index (χ1v) is 11.1. The highest BCUT2D eigenvalue weighted by Crippen LogP contribution is 2.30. The molecule has 0 bridgehead atoms. The van der Waals surface area contributed by atoms with Crippen LogP contribution in [0.4, 0.5) is 11.5 Å². The number of morpholine rings is 1. The van der Waals surface area contributed by atoms with Gasteiger partial charge in [-0.1, -0.05) is 0 Å². The second-order valence-electron chi connectivity index (χ2n) is 7.66. The molecule has 2 aliphatic rings. The Morgan fingerprint density at radius 1 is 1.06 bits per heavy atom. The summed E-state index contributed by atoms with van der Waals surface area (Å²) >= 11 is 1.43. The summed E-state index contributed by atoms with van der Waals surface area (Å²) in [5, 5.41) is 17.6. The maximum atomic E-state index is 12.0. The summed E-state index contributed by atoms with van der Waals surface area (Å²) in [4.78, 5) is 18.7. The topological polar surface area (TPSA) is 102 Å². The summed E-state index contributed by atoms with van der Waals surface area (Å²) in [6.07, 6.45) is 5.71. The number of hydrogen-bond acceptors (Lipinski definition) is 8. The van der Waals surface area contributed by atoms with Gasteiger partial charge >= 0.3 is 0 Å². The normalized spacial score (nSPS) is 16.8. The molecule has 0 spiro atoms. The predicted molar refractivity (Wildman–Crippen MR) is 114 cm³/mol. The first-order valence-electron chi connectivity index (χ1n) is 10.3. The number of hydrogen-bond donors (Lipinski definition) is 1. The van der Waals surface area contributed by atoms with Crippen LogP contribution in [0.5, 0.6) is 0 Å². The van der Waals surface area contributed by atoms with E-state index in [-0.39, 0.29) is 11.8 Å². The minimum Gasteiger partial charge on any atom is -0.378 e. The maximum Gasteiger partial charge on any atom is 0.228 e. The van der Waals surface area contributed by atoms with Crippen LogP contribution >= 0.6 is 11.8 Å². The fourth-order valence-electron chi connectivity index (χ4n) is 3.58. The molecule has 158 valence electrons. The molecule has 1 aliphatic heterocycles. The van der Waals surface area contributed by atoms with Crippen LogP contribution in [0, 0.1) is 5.92 Å². The second kappa shape index (κ2) is 7.50. The average Bonchev–Trinajstić information content (AvgIpc) is 3.47. The van der Waals surface area contributed by atoms with Crippen LogP contribution in [0.15, 0.2) is 46.8 Å². The van der Waals surface area contributed by atoms with Gasteiger partial charge in [0.1, 0.15) is 5.03 Å². The number of nitrogens with zero attached hydrogens (tertiary/aromatic N) is 7. The second-order valence-corrected chi connectivity index (χ2v) is 8.65. The third kappa shape index (κ3) is 3.70. The predicted octanol–water partition coefficient (Wildman–Crippen LogP) is 2.11. The minimum atomic E-state index is 0.0315. The molecule has 11 heteroatoms. The molecule has 0 aromatic carbocycles. The van der Waals surface area contributed by atoms with Gasteiger partial charge in [0.15, 0.2) is 17.1 Å². The zero-order valence-electron chi connectivity index (χ0n) is 16.6. The lowest BCUT2D eigenvalue weighted by Crippen LogP contribution is -2.36. The van der Waals surface area contributed by atoms with Gasteiger partial charge in [0.25, 0.3) is 0 Å². The molecule has 0 radical (unpaired) electrons. The van der Waals surface area contributed by atoms with Gasteiger partial charge in [-0.3, -0.25) is 9.20 Å². The highest BCUT2D eigenvalue weighted by molar-refractivity contribution is 7.99. The highest BCUT2D eigenvalue weighted by Gasteiger charge is 2.30. The van der Waals surface area contributed by atoms with Crippen molar-refractivity contribution in [2.75, 3.05) is 36.5 Å². The number of imidazole rings is 1. The Kier molecular flexibility index (Phi) is 4.50. The Bertz CT molecular complexity index is 1270. The number of nitrogens with one attached hydrogen (secondary N) is 1. The lowest BCUT2D eigenvalue weighted by atomic mass is 10.3. The van der Waals surface area contributed by atoms with E-state index in [1.165, 1.54) is 11.8 Å². The molecule has 31 heavy (non-hydrogen) atoms. The summed E-state index contributed by atoms with van der Waals surface area (Å²) in [6, 6.07) is 7.82. The van der Waals surface area contributed by atoms with Crippen molar-refractivity contribution in [2.24, 2.45) is 5.92 Å². The average molecular weight is 437 g/mol. The fraction of sp³-hybridized carbons (Fsp3) is 0.350. The van der Waals surface area contributed by atoms with E-state index in [4.69, 9.17) is 4.74 Å². The molecule has 10 nitrogen and oxygen atoms in total. The zero-order chi connectivity index (χ0) is 20.8. The van der Waals surface area contributed by atoms with Gasteiger partial charge in [-0.2, -0.15) is 5.10 Å². The monoisotopic (exact) mass is 436 g/mol. The summed E-state index contributed by atoms with van der Waals surface area (Å²) in [5.74, 6) is 0.686. The fourth-order valence-corrected chi connectivity index (χ4v) is 4.36. The number of pyridine rings is 1.